The number of carbonyl (C=O) groups excluding carboxylic acids is 1. The monoisotopic (exact) mass is 264 g/mol. The molecular weight excluding hydrogens is 252 g/mol. The predicted molar refractivity (Wildman–Crippen MR) is 68.6 cm³/mol. The Morgan fingerprint density at radius 2 is 2.11 bits per heavy atom. The molecule has 0 aliphatic heterocycles. The molecule has 0 spiro atoms. The molecule has 1 aromatic carbocycles. The molecule has 0 radical (unpaired) electrons. The number of allylic oxidation sites excluding steroid dienone is 1. The van der Waals surface area contributed by atoms with Crippen molar-refractivity contribution in [2.24, 2.45) is 4.99 Å². The first kappa shape index (κ1) is 14.4. The highest BCUT2D eigenvalue weighted by atomic mass is 16.6. The molecule has 1 aromatic rings. The van der Waals surface area contributed by atoms with Crippen LogP contribution in [0.2, 0.25) is 0 Å². The Morgan fingerprint density at radius 1 is 1.47 bits per heavy atom. The van der Waals surface area contributed by atoms with Gasteiger partial charge in [0.05, 0.1) is 12.0 Å². The molecule has 0 heterocycles. The first-order valence-corrected chi connectivity index (χ1v) is 5.23. The summed E-state index contributed by atoms with van der Waals surface area (Å²) >= 11 is 0. The van der Waals surface area contributed by atoms with Crippen LogP contribution in [0.15, 0.2) is 40.6 Å². The summed E-state index contributed by atoms with van der Waals surface area (Å²) in [4.78, 5) is 25.3. The van der Waals surface area contributed by atoms with Gasteiger partial charge in [-0.3, -0.25) is 10.1 Å². The summed E-state index contributed by atoms with van der Waals surface area (Å²) in [6.07, 6.45) is 1.03. The van der Waals surface area contributed by atoms with Crippen LogP contribution in [0.25, 0.3) is 0 Å². The molecule has 0 atom stereocenters. The third kappa shape index (κ3) is 3.63. The molecule has 0 saturated carbocycles. The van der Waals surface area contributed by atoms with Crippen molar-refractivity contribution in [1.29, 1.82) is 0 Å². The van der Waals surface area contributed by atoms with Crippen molar-refractivity contribution >= 4 is 23.6 Å². The number of aliphatic hydroxyl groups excluding tert-OH is 1. The van der Waals surface area contributed by atoms with Gasteiger partial charge < -0.3 is 9.84 Å². The summed E-state index contributed by atoms with van der Waals surface area (Å²) < 4.78 is 4.46. The first-order chi connectivity index (χ1) is 8.97. The van der Waals surface area contributed by atoms with Gasteiger partial charge in [-0.15, -0.1) is 0 Å². The SMILES string of the molecule is COC(=O)C(C=Nc1ccccc1[N+](=O)[O-])=C(C)O. The molecule has 7 heteroatoms. The van der Waals surface area contributed by atoms with Gasteiger partial charge >= 0.3 is 5.97 Å². The zero-order valence-electron chi connectivity index (χ0n) is 10.4. The maximum Gasteiger partial charge on any atom is 0.342 e. The number of esters is 1. The lowest BCUT2D eigenvalue weighted by Gasteiger charge is -2.01. The van der Waals surface area contributed by atoms with Crippen molar-refractivity contribution in [1.82, 2.24) is 0 Å². The van der Waals surface area contributed by atoms with Crippen molar-refractivity contribution in [2.75, 3.05) is 7.11 Å². The normalized spacial score (nSPS) is 12.1. The highest BCUT2D eigenvalue weighted by Gasteiger charge is 2.14. The third-order valence-corrected chi connectivity index (χ3v) is 2.21. The van der Waals surface area contributed by atoms with Crippen molar-refractivity contribution in [3.8, 4) is 0 Å². The number of nitro groups is 1. The molecule has 0 aliphatic carbocycles. The van der Waals surface area contributed by atoms with E-state index in [0.29, 0.717) is 0 Å². The van der Waals surface area contributed by atoms with E-state index in [1.165, 1.54) is 25.1 Å². The molecule has 0 saturated heterocycles. The van der Waals surface area contributed by atoms with Crippen LogP contribution < -0.4 is 0 Å². The zero-order chi connectivity index (χ0) is 14.4. The number of methoxy groups -OCH3 is 1. The fourth-order valence-corrected chi connectivity index (χ4v) is 1.27. The topological polar surface area (TPSA) is 102 Å². The van der Waals surface area contributed by atoms with Gasteiger partial charge in [-0.2, -0.15) is 0 Å². The second kappa shape index (κ2) is 6.29. The second-order valence-electron chi connectivity index (χ2n) is 3.49. The standard InChI is InChI=1S/C12H12N2O5/c1-8(15)9(12(16)19-2)7-13-10-5-3-4-6-11(10)14(17)18/h3-7,15H,1-2H3. The highest BCUT2D eigenvalue weighted by Crippen LogP contribution is 2.26. The number of aliphatic imine (C=N–C) groups is 1. The summed E-state index contributed by atoms with van der Waals surface area (Å²) in [6, 6.07) is 5.80. The Kier molecular flexibility index (Phi) is 4.76. The number of benzene rings is 1. The molecule has 0 aliphatic rings. The van der Waals surface area contributed by atoms with Gasteiger partial charge in [0.1, 0.15) is 17.0 Å². The number of rotatable bonds is 4. The molecule has 0 bridgehead atoms. The van der Waals surface area contributed by atoms with Crippen LogP contribution in [0, 0.1) is 10.1 Å². The number of ether oxygens (including phenoxy) is 1. The lowest BCUT2D eigenvalue weighted by Crippen LogP contribution is -2.08. The fraction of sp³-hybridized carbons (Fsp3) is 0.167. The Balaban J connectivity index is 3.15. The summed E-state index contributed by atoms with van der Waals surface area (Å²) in [7, 11) is 1.16. The van der Waals surface area contributed by atoms with Crippen LogP contribution in [-0.4, -0.2) is 29.3 Å². The molecule has 1 N–H and O–H groups in total. The average Bonchev–Trinajstić information content (AvgIpc) is 2.38. The smallest absolute Gasteiger partial charge is 0.342 e. The summed E-state index contributed by atoms with van der Waals surface area (Å²) in [5.74, 6) is -1.06. The van der Waals surface area contributed by atoms with Gasteiger partial charge in [-0.25, -0.2) is 9.79 Å². The van der Waals surface area contributed by atoms with Crippen molar-refractivity contribution in [2.45, 2.75) is 6.92 Å². The van der Waals surface area contributed by atoms with Crippen LogP contribution in [0.3, 0.4) is 0 Å². The minimum absolute atomic E-state index is 0.0788. The lowest BCUT2D eigenvalue weighted by molar-refractivity contribution is -0.384. The number of nitrogens with zero attached hydrogens (tertiary/aromatic N) is 2. The third-order valence-electron chi connectivity index (χ3n) is 2.21. The van der Waals surface area contributed by atoms with Gasteiger partial charge in [0.25, 0.3) is 5.69 Å². The van der Waals surface area contributed by atoms with Crippen LogP contribution >= 0.6 is 0 Å². The minimum atomic E-state index is -0.776. The van der Waals surface area contributed by atoms with Crippen LogP contribution in [-0.2, 0) is 9.53 Å². The summed E-state index contributed by atoms with van der Waals surface area (Å²) in [5.41, 5.74) is -0.283. The van der Waals surface area contributed by atoms with E-state index in [4.69, 9.17) is 0 Å². The number of hydrogen-bond donors (Lipinski definition) is 1. The number of aliphatic hydroxyl groups is 1. The fourth-order valence-electron chi connectivity index (χ4n) is 1.27. The van der Waals surface area contributed by atoms with E-state index in [2.05, 4.69) is 9.73 Å². The Labute approximate surface area is 109 Å². The van der Waals surface area contributed by atoms with Gasteiger partial charge in [0.2, 0.25) is 0 Å². The molecule has 0 aromatic heterocycles. The molecule has 1 rings (SSSR count). The quantitative estimate of drug-likeness (QED) is 0.224. The van der Waals surface area contributed by atoms with Crippen molar-refractivity contribution in [3.05, 3.63) is 45.7 Å². The minimum Gasteiger partial charge on any atom is -0.512 e. The van der Waals surface area contributed by atoms with E-state index in [9.17, 15) is 20.0 Å². The van der Waals surface area contributed by atoms with E-state index < -0.39 is 10.9 Å². The van der Waals surface area contributed by atoms with Crippen LogP contribution in [0.5, 0.6) is 0 Å². The molecule has 19 heavy (non-hydrogen) atoms. The lowest BCUT2D eigenvalue weighted by atomic mass is 10.2. The largest absolute Gasteiger partial charge is 0.512 e. The Bertz CT molecular complexity index is 559. The molecule has 7 nitrogen and oxygen atoms in total. The summed E-state index contributed by atoms with van der Waals surface area (Å²) in [5, 5.41) is 20.1. The van der Waals surface area contributed by atoms with Gasteiger partial charge in [-0.1, -0.05) is 12.1 Å². The number of hydrogen-bond acceptors (Lipinski definition) is 6. The number of para-hydroxylation sites is 2. The molecular formula is C12H12N2O5. The average molecular weight is 264 g/mol. The Hall–Kier alpha value is -2.70. The van der Waals surface area contributed by atoms with Crippen molar-refractivity contribution < 1.29 is 19.6 Å². The summed E-state index contributed by atoms with van der Waals surface area (Å²) in [6.45, 7) is 1.29. The Morgan fingerprint density at radius 3 is 2.63 bits per heavy atom. The van der Waals surface area contributed by atoms with E-state index >= 15 is 0 Å². The zero-order valence-corrected chi connectivity index (χ0v) is 10.4. The van der Waals surface area contributed by atoms with Crippen LogP contribution in [0.1, 0.15) is 6.92 Å². The first-order valence-electron chi connectivity index (χ1n) is 5.23. The second-order valence-corrected chi connectivity index (χ2v) is 3.49. The maximum absolute atomic E-state index is 11.3. The molecule has 100 valence electrons. The van der Waals surface area contributed by atoms with Crippen molar-refractivity contribution in [3.63, 3.8) is 0 Å². The van der Waals surface area contributed by atoms with E-state index in [1.54, 1.807) is 6.07 Å². The molecule has 0 unspecified atom stereocenters. The highest BCUT2D eigenvalue weighted by molar-refractivity contribution is 6.10. The molecule has 0 fully saturated rings. The van der Waals surface area contributed by atoms with Gasteiger partial charge in [-0.05, 0) is 13.0 Å². The van der Waals surface area contributed by atoms with Crippen LogP contribution in [0.4, 0.5) is 11.4 Å². The van der Waals surface area contributed by atoms with Gasteiger partial charge in [0.15, 0.2) is 0 Å². The maximum atomic E-state index is 11.3. The predicted octanol–water partition coefficient (Wildman–Crippen LogP) is 2.30. The number of carbonyl (C=O) groups is 1. The van der Waals surface area contributed by atoms with E-state index in [0.717, 1.165) is 13.3 Å². The number of nitro benzene ring substituents is 1. The molecule has 0 amide bonds. The van der Waals surface area contributed by atoms with E-state index in [1.807, 2.05) is 0 Å². The van der Waals surface area contributed by atoms with Gasteiger partial charge in [0, 0.05) is 12.3 Å². The van der Waals surface area contributed by atoms with E-state index in [-0.39, 0.29) is 22.7 Å².